The highest BCUT2D eigenvalue weighted by atomic mass is 79.9. The van der Waals surface area contributed by atoms with Crippen molar-refractivity contribution in [3.63, 3.8) is 0 Å². The molecule has 88 valence electrons. The average molecular weight is 290 g/mol. The molecule has 5 heteroatoms. The number of esters is 1. The molecule has 0 saturated carbocycles. The maximum Gasteiger partial charge on any atom is 0.325 e. The van der Waals surface area contributed by atoms with Crippen LogP contribution in [0.15, 0.2) is 16.6 Å². The molecule has 1 aromatic carbocycles. The second-order valence-corrected chi connectivity index (χ2v) is 4.09. The fourth-order valence-corrected chi connectivity index (χ4v) is 1.67. The number of hydrogen-bond acceptors (Lipinski definition) is 3. The predicted molar refractivity (Wildman–Crippen MR) is 64.0 cm³/mol. The van der Waals surface area contributed by atoms with Gasteiger partial charge in [0.2, 0.25) is 0 Å². The molecule has 1 N–H and O–H groups in total. The molecular weight excluding hydrogens is 277 g/mol. The van der Waals surface area contributed by atoms with Gasteiger partial charge in [0.25, 0.3) is 0 Å². The third-order valence-electron chi connectivity index (χ3n) is 2.00. The van der Waals surface area contributed by atoms with Crippen molar-refractivity contribution in [1.29, 1.82) is 0 Å². The minimum absolute atomic E-state index is 0.0375. The first kappa shape index (κ1) is 13.0. The van der Waals surface area contributed by atoms with Gasteiger partial charge >= 0.3 is 5.97 Å². The number of rotatable bonds is 4. The monoisotopic (exact) mass is 289 g/mol. The van der Waals surface area contributed by atoms with Crippen LogP contribution in [0.1, 0.15) is 12.5 Å². The van der Waals surface area contributed by atoms with Crippen LogP contribution >= 0.6 is 15.9 Å². The van der Waals surface area contributed by atoms with Gasteiger partial charge in [0.05, 0.1) is 11.1 Å². The van der Waals surface area contributed by atoms with E-state index in [1.165, 1.54) is 6.07 Å². The number of benzene rings is 1. The summed E-state index contributed by atoms with van der Waals surface area (Å²) in [6, 6.07) is 3.00. The minimum atomic E-state index is -0.364. The van der Waals surface area contributed by atoms with Gasteiger partial charge in [-0.3, -0.25) is 4.79 Å². The molecule has 0 atom stereocenters. The van der Waals surface area contributed by atoms with Gasteiger partial charge < -0.3 is 10.1 Å². The highest BCUT2D eigenvalue weighted by molar-refractivity contribution is 9.10. The van der Waals surface area contributed by atoms with Crippen molar-refractivity contribution in [2.75, 3.05) is 18.5 Å². The first-order valence-electron chi connectivity index (χ1n) is 4.89. The van der Waals surface area contributed by atoms with Crippen LogP contribution in [-0.4, -0.2) is 19.1 Å². The molecule has 0 saturated heterocycles. The number of carbonyl (C=O) groups is 1. The fraction of sp³-hybridized carbons (Fsp3) is 0.364. The number of halogens is 2. The van der Waals surface area contributed by atoms with Crippen LogP contribution in [0.4, 0.5) is 10.1 Å². The number of aryl methyl sites for hydroxylation is 1. The van der Waals surface area contributed by atoms with Gasteiger partial charge in [-0.05, 0) is 47.5 Å². The predicted octanol–water partition coefficient (Wildman–Crippen LogP) is 2.87. The van der Waals surface area contributed by atoms with E-state index in [2.05, 4.69) is 21.2 Å². The third kappa shape index (κ3) is 3.48. The number of carbonyl (C=O) groups excluding carboxylic acids is 1. The van der Waals surface area contributed by atoms with Gasteiger partial charge in [0.1, 0.15) is 12.4 Å². The molecule has 0 unspecified atom stereocenters. The van der Waals surface area contributed by atoms with Crippen LogP contribution in [-0.2, 0) is 9.53 Å². The second kappa shape index (κ2) is 5.84. The van der Waals surface area contributed by atoms with Gasteiger partial charge in [-0.2, -0.15) is 0 Å². The number of hydrogen-bond donors (Lipinski definition) is 1. The van der Waals surface area contributed by atoms with Crippen molar-refractivity contribution in [2.45, 2.75) is 13.8 Å². The number of ether oxygens (including phenoxy) is 1. The van der Waals surface area contributed by atoms with E-state index in [9.17, 15) is 9.18 Å². The Morgan fingerprint density at radius 3 is 2.88 bits per heavy atom. The Morgan fingerprint density at radius 1 is 1.56 bits per heavy atom. The summed E-state index contributed by atoms with van der Waals surface area (Å²) in [5.74, 6) is -0.720. The van der Waals surface area contributed by atoms with E-state index in [0.29, 0.717) is 16.8 Å². The molecule has 0 aliphatic rings. The summed E-state index contributed by atoms with van der Waals surface area (Å²) in [7, 11) is 0. The van der Waals surface area contributed by atoms with E-state index in [0.717, 1.165) is 5.56 Å². The van der Waals surface area contributed by atoms with E-state index in [1.54, 1.807) is 13.0 Å². The van der Waals surface area contributed by atoms with Crippen LogP contribution < -0.4 is 5.32 Å². The van der Waals surface area contributed by atoms with Crippen molar-refractivity contribution < 1.29 is 13.9 Å². The smallest absolute Gasteiger partial charge is 0.325 e. The Hall–Kier alpha value is -1.10. The first-order chi connectivity index (χ1) is 7.54. The molecule has 0 aromatic heterocycles. The maximum absolute atomic E-state index is 13.2. The van der Waals surface area contributed by atoms with E-state index in [4.69, 9.17) is 4.74 Å². The number of nitrogens with one attached hydrogen (secondary N) is 1. The van der Waals surface area contributed by atoms with Crippen molar-refractivity contribution in [3.8, 4) is 0 Å². The molecule has 3 nitrogen and oxygen atoms in total. The highest BCUT2D eigenvalue weighted by Crippen LogP contribution is 2.23. The van der Waals surface area contributed by atoms with Crippen LogP contribution in [0.5, 0.6) is 0 Å². The molecule has 16 heavy (non-hydrogen) atoms. The summed E-state index contributed by atoms with van der Waals surface area (Å²) in [6.45, 7) is 3.95. The largest absolute Gasteiger partial charge is 0.465 e. The zero-order valence-corrected chi connectivity index (χ0v) is 10.7. The van der Waals surface area contributed by atoms with Crippen LogP contribution in [0, 0.1) is 12.7 Å². The topological polar surface area (TPSA) is 38.3 Å². The van der Waals surface area contributed by atoms with Crippen molar-refractivity contribution >= 4 is 27.6 Å². The normalized spacial score (nSPS) is 10.0. The first-order valence-corrected chi connectivity index (χ1v) is 5.69. The lowest BCUT2D eigenvalue weighted by molar-refractivity contribution is -0.140. The van der Waals surface area contributed by atoms with Crippen LogP contribution in [0.3, 0.4) is 0 Å². The molecule has 0 fully saturated rings. The molecule has 0 spiro atoms. The average Bonchev–Trinajstić information content (AvgIpc) is 2.22. The molecular formula is C11H13BrFNO2. The minimum Gasteiger partial charge on any atom is -0.465 e. The molecule has 1 rings (SSSR count). The van der Waals surface area contributed by atoms with E-state index < -0.39 is 0 Å². The van der Waals surface area contributed by atoms with Crippen molar-refractivity contribution in [1.82, 2.24) is 0 Å². The molecule has 0 heterocycles. The Balaban J connectivity index is 2.67. The van der Waals surface area contributed by atoms with Crippen molar-refractivity contribution in [2.24, 2.45) is 0 Å². The Kier molecular flexibility index (Phi) is 4.73. The lowest BCUT2D eigenvalue weighted by atomic mass is 10.2. The molecule has 0 aliphatic carbocycles. The van der Waals surface area contributed by atoms with Crippen molar-refractivity contribution in [3.05, 3.63) is 28.0 Å². The van der Waals surface area contributed by atoms with Gasteiger partial charge in [-0.25, -0.2) is 4.39 Å². The summed E-state index contributed by atoms with van der Waals surface area (Å²) >= 11 is 3.09. The molecule has 0 aliphatic heterocycles. The number of anilines is 1. The van der Waals surface area contributed by atoms with Gasteiger partial charge in [-0.15, -0.1) is 0 Å². The Morgan fingerprint density at radius 2 is 2.25 bits per heavy atom. The highest BCUT2D eigenvalue weighted by Gasteiger charge is 2.07. The summed E-state index contributed by atoms with van der Waals surface area (Å²) in [5, 5.41) is 2.83. The second-order valence-electron chi connectivity index (χ2n) is 3.24. The van der Waals surface area contributed by atoms with Crippen LogP contribution in [0.2, 0.25) is 0 Å². The summed E-state index contributed by atoms with van der Waals surface area (Å²) in [6.07, 6.45) is 0. The summed E-state index contributed by atoms with van der Waals surface area (Å²) < 4.78 is 18.4. The van der Waals surface area contributed by atoms with Gasteiger partial charge in [0.15, 0.2) is 0 Å². The lowest BCUT2D eigenvalue weighted by Crippen LogP contribution is -2.17. The third-order valence-corrected chi connectivity index (χ3v) is 2.60. The SMILES string of the molecule is CCOC(=O)CNc1cc(F)c(Br)cc1C. The molecule has 0 amide bonds. The lowest BCUT2D eigenvalue weighted by Gasteiger charge is -2.09. The molecule has 1 aromatic rings. The quantitative estimate of drug-likeness (QED) is 0.867. The van der Waals surface area contributed by atoms with E-state index >= 15 is 0 Å². The van der Waals surface area contributed by atoms with E-state index in [-0.39, 0.29) is 18.3 Å². The maximum atomic E-state index is 13.2. The summed E-state index contributed by atoms with van der Waals surface area (Å²) in [4.78, 5) is 11.1. The van der Waals surface area contributed by atoms with Gasteiger partial charge in [-0.1, -0.05) is 0 Å². The van der Waals surface area contributed by atoms with Crippen LogP contribution in [0.25, 0.3) is 0 Å². The standard InChI is InChI=1S/C11H13BrFNO2/c1-3-16-11(15)6-14-10-5-9(13)8(12)4-7(10)2/h4-5,14H,3,6H2,1-2H3. The summed E-state index contributed by atoms with van der Waals surface area (Å²) in [5.41, 5.74) is 1.45. The van der Waals surface area contributed by atoms with E-state index in [1.807, 2.05) is 6.92 Å². The fourth-order valence-electron chi connectivity index (χ4n) is 1.22. The molecule has 0 bridgehead atoms. The molecule has 0 radical (unpaired) electrons. The zero-order valence-electron chi connectivity index (χ0n) is 9.14. The zero-order chi connectivity index (χ0) is 12.1. The Labute approximate surface area is 102 Å². The van der Waals surface area contributed by atoms with Gasteiger partial charge in [0, 0.05) is 5.69 Å². The Bertz CT molecular complexity index is 396.